The molecule has 4 heteroatoms. The van der Waals surface area contributed by atoms with E-state index in [4.69, 9.17) is 5.73 Å². The number of carboxylic acid groups (broad SMARTS) is 1. The van der Waals surface area contributed by atoms with Gasteiger partial charge in [0, 0.05) is 9.75 Å². The highest BCUT2D eigenvalue weighted by molar-refractivity contribution is 7.12. The first-order valence-electron chi connectivity index (χ1n) is 5.20. The van der Waals surface area contributed by atoms with Crippen molar-refractivity contribution >= 4 is 17.3 Å². The van der Waals surface area contributed by atoms with Crippen molar-refractivity contribution < 1.29 is 9.90 Å². The molecule has 3 N–H and O–H groups in total. The second-order valence-electron chi connectivity index (χ2n) is 4.07. The Bertz CT molecular complexity index is 384. The summed E-state index contributed by atoms with van der Waals surface area (Å²) >= 11 is 1.53. The number of carboxylic acids is 1. The summed E-state index contributed by atoms with van der Waals surface area (Å²) in [7, 11) is 0. The van der Waals surface area contributed by atoms with Crippen molar-refractivity contribution in [2.45, 2.75) is 31.7 Å². The van der Waals surface area contributed by atoms with E-state index in [1.54, 1.807) is 0 Å². The van der Waals surface area contributed by atoms with E-state index in [-0.39, 0.29) is 5.92 Å². The highest BCUT2D eigenvalue weighted by Gasteiger charge is 2.50. The van der Waals surface area contributed by atoms with Gasteiger partial charge in [-0.1, -0.05) is 6.92 Å². The van der Waals surface area contributed by atoms with Gasteiger partial charge in [-0.3, -0.25) is 0 Å². The first-order chi connectivity index (χ1) is 7.09. The van der Waals surface area contributed by atoms with Crippen molar-refractivity contribution in [2.24, 2.45) is 11.7 Å². The van der Waals surface area contributed by atoms with Crippen LogP contribution < -0.4 is 5.73 Å². The maximum absolute atomic E-state index is 11.3. The number of carbonyl (C=O) groups is 1. The Morgan fingerprint density at radius 3 is 2.73 bits per heavy atom. The van der Waals surface area contributed by atoms with Crippen molar-refractivity contribution in [3.05, 3.63) is 21.9 Å². The minimum atomic E-state index is -1.14. The van der Waals surface area contributed by atoms with Gasteiger partial charge in [0.1, 0.15) is 0 Å². The van der Waals surface area contributed by atoms with E-state index in [0.29, 0.717) is 0 Å². The quantitative estimate of drug-likeness (QED) is 0.823. The Hall–Kier alpha value is -0.870. The topological polar surface area (TPSA) is 63.3 Å². The lowest BCUT2D eigenvalue weighted by atomic mass is 9.93. The third kappa shape index (κ3) is 1.68. The van der Waals surface area contributed by atoms with Crippen LogP contribution in [0, 0.1) is 5.92 Å². The molecule has 1 fully saturated rings. The molecule has 0 aromatic carbocycles. The fourth-order valence-corrected chi connectivity index (χ4v) is 2.93. The van der Waals surface area contributed by atoms with Crippen LogP contribution in [0.4, 0.5) is 0 Å². The largest absolute Gasteiger partial charge is 0.480 e. The number of hydrogen-bond donors (Lipinski definition) is 2. The van der Waals surface area contributed by atoms with Gasteiger partial charge in [-0.2, -0.15) is 0 Å². The van der Waals surface area contributed by atoms with Gasteiger partial charge >= 0.3 is 5.97 Å². The van der Waals surface area contributed by atoms with E-state index in [1.165, 1.54) is 16.2 Å². The molecule has 3 nitrogen and oxygen atoms in total. The summed E-state index contributed by atoms with van der Waals surface area (Å²) in [5.41, 5.74) is 4.91. The first-order valence-corrected chi connectivity index (χ1v) is 6.02. The zero-order valence-electron chi connectivity index (χ0n) is 8.69. The van der Waals surface area contributed by atoms with Crippen LogP contribution in [0.2, 0.25) is 0 Å². The van der Waals surface area contributed by atoms with Crippen LogP contribution in [0.3, 0.4) is 0 Å². The van der Waals surface area contributed by atoms with E-state index >= 15 is 0 Å². The monoisotopic (exact) mass is 225 g/mol. The maximum Gasteiger partial charge on any atom is 0.329 e. The molecule has 82 valence electrons. The van der Waals surface area contributed by atoms with Gasteiger partial charge in [-0.15, -0.1) is 11.3 Å². The van der Waals surface area contributed by atoms with Gasteiger partial charge in [0.2, 0.25) is 0 Å². The number of aryl methyl sites for hydroxylation is 1. The summed E-state index contributed by atoms with van der Waals surface area (Å²) < 4.78 is 0. The number of hydrogen-bond acceptors (Lipinski definition) is 3. The molecule has 1 unspecified atom stereocenters. The van der Waals surface area contributed by atoms with E-state index in [2.05, 4.69) is 6.92 Å². The van der Waals surface area contributed by atoms with Crippen LogP contribution in [0.5, 0.6) is 0 Å². The Kier molecular flexibility index (Phi) is 2.56. The Morgan fingerprint density at radius 1 is 1.67 bits per heavy atom. The Balaban J connectivity index is 2.35. The van der Waals surface area contributed by atoms with Crippen molar-refractivity contribution in [3.8, 4) is 0 Å². The maximum atomic E-state index is 11.3. The second kappa shape index (κ2) is 3.61. The molecule has 0 amide bonds. The predicted octanol–water partition coefficient (Wildman–Crippen LogP) is 1.96. The summed E-state index contributed by atoms with van der Waals surface area (Å²) in [6.07, 6.45) is 2.80. The van der Waals surface area contributed by atoms with Crippen LogP contribution in [-0.4, -0.2) is 11.1 Å². The average molecular weight is 225 g/mol. The summed E-state index contributed by atoms with van der Waals surface area (Å²) in [4.78, 5) is 13.3. The third-order valence-electron chi connectivity index (χ3n) is 2.99. The molecule has 2 rings (SSSR count). The Labute approximate surface area is 92.9 Å². The highest BCUT2D eigenvalue weighted by atomic mass is 32.1. The van der Waals surface area contributed by atoms with Crippen molar-refractivity contribution in [2.75, 3.05) is 0 Å². The van der Waals surface area contributed by atoms with Gasteiger partial charge < -0.3 is 10.8 Å². The first kappa shape index (κ1) is 10.6. The van der Waals surface area contributed by atoms with Gasteiger partial charge in [0.05, 0.1) is 0 Å². The van der Waals surface area contributed by atoms with Crippen LogP contribution in [0.15, 0.2) is 12.1 Å². The second-order valence-corrected chi connectivity index (χ2v) is 5.24. The van der Waals surface area contributed by atoms with E-state index < -0.39 is 11.5 Å². The van der Waals surface area contributed by atoms with Gasteiger partial charge in [-0.25, -0.2) is 4.79 Å². The summed E-state index contributed by atoms with van der Waals surface area (Å²) in [5.74, 6) is -0.771. The third-order valence-corrected chi connectivity index (χ3v) is 4.37. The molecule has 0 spiro atoms. The van der Waals surface area contributed by atoms with Gasteiger partial charge in [-0.05, 0) is 37.3 Å². The molecule has 1 aromatic rings. The zero-order chi connectivity index (χ0) is 11.1. The number of rotatable bonds is 4. The molecular formula is C11H15NO2S. The molecule has 0 bridgehead atoms. The minimum Gasteiger partial charge on any atom is -0.480 e. The van der Waals surface area contributed by atoms with Gasteiger partial charge in [0.15, 0.2) is 5.54 Å². The molecule has 15 heavy (non-hydrogen) atoms. The number of thiophene rings is 1. The average Bonchev–Trinajstić information content (AvgIpc) is 2.95. The standard InChI is InChI=1S/C11H15NO2S/c1-2-8-5-6-9(15-8)11(12,10(13)14)7-3-4-7/h5-7H,2-4,12H2,1H3,(H,13,14). The summed E-state index contributed by atoms with van der Waals surface area (Å²) in [6.45, 7) is 2.06. The van der Waals surface area contributed by atoms with Gasteiger partial charge in [0.25, 0.3) is 0 Å². The SMILES string of the molecule is CCc1ccc(C(N)(C(=O)O)C2CC2)s1. The van der Waals surface area contributed by atoms with Crippen molar-refractivity contribution in [3.63, 3.8) is 0 Å². The van der Waals surface area contributed by atoms with Crippen LogP contribution >= 0.6 is 11.3 Å². The molecule has 1 aliphatic rings. The lowest BCUT2D eigenvalue weighted by Gasteiger charge is -2.22. The molecule has 1 atom stereocenters. The predicted molar refractivity (Wildman–Crippen MR) is 59.9 cm³/mol. The zero-order valence-corrected chi connectivity index (χ0v) is 9.51. The number of nitrogens with two attached hydrogens (primary N) is 1. The molecule has 1 saturated carbocycles. The normalized spacial score (nSPS) is 19.9. The molecule has 0 saturated heterocycles. The fraction of sp³-hybridized carbons (Fsp3) is 0.545. The molecule has 0 aliphatic heterocycles. The number of aliphatic carboxylic acids is 1. The molecule has 1 aromatic heterocycles. The molecular weight excluding hydrogens is 210 g/mol. The van der Waals surface area contributed by atoms with Crippen LogP contribution in [0.25, 0.3) is 0 Å². The van der Waals surface area contributed by atoms with Crippen LogP contribution in [0.1, 0.15) is 29.5 Å². The highest BCUT2D eigenvalue weighted by Crippen LogP contribution is 2.46. The molecule has 1 aliphatic carbocycles. The van der Waals surface area contributed by atoms with E-state index in [9.17, 15) is 9.90 Å². The Morgan fingerprint density at radius 2 is 2.33 bits per heavy atom. The lowest BCUT2D eigenvalue weighted by Crippen LogP contribution is -2.46. The summed E-state index contributed by atoms with van der Waals surface area (Å²) in [6, 6.07) is 3.85. The fourth-order valence-electron chi connectivity index (χ4n) is 1.81. The van der Waals surface area contributed by atoms with Crippen LogP contribution in [-0.2, 0) is 16.8 Å². The lowest BCUT2D eigenvalue weighted by molar-refractivity contribution is -0.144. The smallest absolute Gasteiger partial charge is 0.329 e. The van der Waals surface area contributed by atoms with Crippen molar-refractivity contribution in [1.29, 1.82) is 0 Å². The molecule has 1 heterocycles. The summed E-state index contributed by atoms with van der Waals surface area (Å²) in [5, 5.41) is 9.26. The molecule has 0 radical (unpaired) electrons. The van der Waals surface area contributed by atoms with E-state index in [0.717, 1.165) is 24.1 Å². The van der Waals surface area contributed by atoms with E-state index in [1.807, 2.05) is 12.1 Å². The minimum absolute atomic E-state index is 0.123. The van der Waals surface area contributed by atoms with Crippen molar-refractivity contribution in [1.82, 2.24) is 0 Å².